The van der Waals surface area contributed by atoms with Gasteiger partial charge in [0.1, 0.15) is 12.0 Å². The van der Waals surface area contributed by atoms with Crippen molar-refractivity contribution >= 4 is 38.3 Å². The second-order valence-corrected chi connectivity index (χ2v) is 4.84. The van der Waals surface area contributed by atoms with Crippen LogP contribution in [0.3, 0.4) is 0 Å². The summed E-state index contributed by atoms with van der Waals surface area (Å²) in [4.78, 5) is 25.8. The fourth-order valence-corrected chi connectivity index (χ4v) is 2.16. The number of ketones is 1. The first-order valence-electron chi connectivity index (χ1n) is 5.20. The lowest BCUT2D eigenvalue weighted by atomic mass is 10.0. The van der Waals surface area contributed by atoms with Gasteiger partial charge in [-0.3, -0.25) is 14.9 Å². The lowest BCUT2D eigenvalue weighted by Crippen LogP contribution is -2.03. The fraction of sp³-hybridized carbons (Fsp3) is 0.167. The topological polar surface area (TPSA) is 73.1 Å². The van der Waals surface area contributed by atoms with Gasteiger partial charge in [-0.05, 0) is 25.1 Å². The zero-order valence-corrected chi connectivity index (χ0v) is 11.1. The Morgan fingerprint density at radius 3 is 2.83 bits per heavy atom. The molecule has 0 radical (unpaired) electrons. The van der Waals surface area contributed by atoms with E-state index in [0.29, 0.717) is 16.5 Å². The zero-order chi connectivity index (χ0) is 13.3. The van der Waals surface area contributed by atoms with Crippen molar-refractivity contribution in [3.05, 3.63) is 44.5 Å². The quantitative estimate of drug-likeness (QED) is 0.645. The van der Waals surface area contributed by atoms with Gasteiger partial charge < -0.3 is 0 Å². The fourth-order valence-electron chi connectivity index (χ4n) is 1.80. The Bertz CT molecular complexity index is 655. The number of benzene rings is 1. The second-order valence-electron chi connectivity index (χ2n) is 3.92. The maximum atomic E-state index is 11.3. The predicted octanol–water partition coefficient (Wildman–Crippen LogP) is 3.04. The number of aromatic nitrogens is 1. The molecule has 0 bridgehead atoms. The number of carbonyl (C=O) groups excluding carboxylic acids is 1. The van der Waals surface area contributed by atoms with Gasteiger partial charge in [0.15, 0.2) is 0 Å². The van der Waals surface area contributed by atoms with E-state index < -0.39 is 4.92 Å². The molecule has 0 spiro atoms. The van der Waals surface area contributed by atoms with Gasteiger partial charge >= 0.3 is 0 Å². The van der Waals surface area contributed by atoms with Crippen molar-refractivity contribution in [1.29, 1.82) is 0 Å². The zero-order valence-electron chi connectivity index (χ0n) is 9.51. The number of pyridine rings is 1. The third-order valence-electron chi connectivity index (χ3n) is 2.54. The van der Waals surface area contributed by atoms with Crippen molar-refractivity contribution in [2.75, 3.05) is 0 Å². The molecule has 0 saturated carbocycles. The third kappa shape index (κ3) is 2.38. The molecule has 92 valence electrons. The van der Waals surface area contributed by atoms with E-state index in [1.54, 1.807) is 18.2 Å². The van der Waals surface area contributed by atoms with Gasteiger partial charge in [-0.25, -0.2) is 4.98 Å². The molecule has 0 saturated heterocycles. The summed E-state index contributed by atoms with van der Waals surface area (Å²) >= 11 is 3.31. The number of fused-ring (bicyclic) bond motifs is 1. The van der Waals surface area contributed by atoms with E-state index >= 15 is 0 Å². The van der Waals surface area contributed by atoms with Crippen LogP contribution in [-0.4, -0.2) is 15.7 Å². The van der Waals surface area contributed by atoms with Crippen LogP contribution < -0.4 is 0 Å². The summed E-state index contributed by atoms with van der Waals surface area (Å²) in [6, 6.07) is 5.30. The molecule has 0 fully saturated rings. The number of nitrogens with zero attached hydrogens (tertiary/aromatic N) is 2. The first-order chi connectivity index (χ1) is 8.49. The normalized spacial score (nSPS) is 10.6. The van der Waals surface area contributed by atoms with Crippen molar-refractivity contribution in [2.24, 2.45) is 0 Å². The van der Waals surface area contributed by atoms with Crippen LogP contribution in [0.2, 0.25) is 0 Å². The van der Waals surface area contributed by atoms with Crippen molar-refractivity contribution in [1.82, 2.24) is 4.98 Å². The van der Waals surface area contributed by atoms with Crippen molar-refractivity contribution in [3.63, 3.8) is 0 Å². The molecule has 2 rings (SSSR count). The molecule has 1 aromatic carbocycles. The molecular weight excluding hydrogens is 300 g/mol. The molecule has 5 nitrogen and oxygen atoms in total. The summed E-state index contributed by atoms with van der Waals surface area (Å²) in [5.74, 6) is -0.120. The Kier molecular flexibility index (Phi) is 3.38. The van der Waals surface area contributed by atoms with Gasteiger partial charge in [0, 0.05) is 21.8 Å². The number of Topliss-reactive ketones (excluding diaryl/α,β-unsaturated/α-hetero) is 1. The Labute approximate surface area is 111 Å². The summed E-state index contributed by atoms with van der Waals surface area (Å²) < 4.78 is 0.794. The highest BCUT2D eigenvalue weighted by Crippen LogP contribution is 2.28. The van der Waals surface area contributed by atoms with Gasteiger partial charge in [-0.15, -0.1) is 0 Å². The van der Waals surface area contributed by atoms with Gasteiger partial charge in [0.2, 0.25) is 0 Å². The number of nitro groups is 1. The van der Waals surface area contributed by atoms with E-state index in [1.807, 2.05) is 0 Å². The van der Waals surface area contributed by atoms with Gasteiger partial charge in [-0.1, -0.05) is 15.9 Å². The van der Waals surface area contributed by atoms with E-state index in [1.165, 1.54) is 13.1 Å². The van der Waals surface area contributed by atoms with Crippen LogP contribution in [0.5, 0.6) is 0 Å². The highest BCUT2D eigenvalue weighted by Gasteiger charge is 2.19. The molecule has 2 aromatic rings. The van der Waals surface area contributed by atoms with Crippen molar-refractivity contribution in [3.8, 4) is 0 Å². The summed E-state index contributed by atoms with van der Waals surface area (Å²) in [5.41, 5.74) is 0.939. The molecule has 0 N–H and O–H groups in total. The first-order valence-corrected chi connectivity index (χ1v) is 5.99. The molecule has 0 aliphatic rings. The standard InChI is InChI=1S/C12H9BrN2O3/c1-7(16)4-10-9-5-8(13)2-3-11(9)14-6-12(10)15(17)18/h2-3,5-6H,4H2,1H3. The van der Waals surface area contributed by atoms with E-state index in [-0.39, 0.29) is 17.9 Å². The molecule has 0 unspecified atom stereocenters. The minimum atomic E-state index is -0.508. The molecule has 18 heavy (non-hydrogen) atoms. The van der Waals surface area contributed by atoms with E-state index in [9.17, 15) is 14.9 Å². The van der Waals surface area contributed by atoms with Crippen LogP contribution in [0, 0.1) is 10.1 Å². The highest BCUT2D eigenvalue weighted by atomic mass is 79.9. The number of rotatable bonds is 3. The lowest BCUT2D eigenvalue weighted by molar-refractivity contribution is -0.385. The summed E-state index contributed by atoms with van der Waals surface area (Å²) in [5, 5.41) is 11.6. The number of halogens is 1. The molecule has 0 aliphatic heterocycles. The van der Waals surface area contributed by atoms with Crippen LogP contribution in [0.15, 0.2) is 28.9 Å². The van der Waals surface area contributed by atoms with Crippen LogP contribution >= 0.6 is 15.9 Å². The van der Waals surface area contributed by atoms with Crippen molar-refractivity contribution in [2.45, 2.75) is 13.3 Å². The average molecular weight is 309 g/mol. The highest BCUT2D eigenvalue weighted by molar-refractivity contribution is 9.10. The van der Waals surface area contributed by atoms with Crippen LogP contribution in [0.4, 0.5) is 5.69 Å². The number of hydrogen-bond acceptors (Lipinski definition) is 4. The predicted molar refractivity (Wildman–Crippen MR) is 70.5 cm³/mol. The largest absolute Gasteiger partial charge is 0.300 e. The van der Waals surface area contributed by atoms with Gasteiger partial charge in [-0.2, -0.15) is 0 Å². The van der Waals surface area contributed by atoms with Gasteiger partial charge in [0.25, 0.3) is 5.69 Å². The molecule has 6 heteroatoms. The Morgan fingerprint density at radius 2 is 2.22 bits per heavy atom. The number of carbonyl (C=O) groups is 1. The molecular formula is C12H9BrN2O3. The monoisotopic (exact) mass is 308 g/mol. The summed E-state index contributed by atoms with van der Waals surface area (Å²) in [7, 11) is 0. The first kappa shape index (κ1) is 12.6. The van der Waals surface area contributed by atoms with Crippen molar-refractivity contribution < 1.29 is 9.72 Å². The second kappa shape index (κ2) is 4.81. The molecule has 0 amide bonds. The van der Waals surface area contributed by atoms with Crippen LogP contribution in [0.1, 0.15) is 12.5 Å². The Balaban J connectivity index is 2.78. The van der Waals surface area contributed by atoms with E-state index in [4.69, 9.17) is 0 Å². The Morgan fingerprint density at radius 1 is 1.50 bits per heavy atom. The van der Waals surface area contributed by atoms with Gasteiger partial charge in [0.05, 0.1) is 10.4 Å². The SMILES string of the molecule is CC(=O)Cc1c([N+](=O)[O-])cnc2ccc(Br)cc12. The minimum Gasteiger partial charge on any atom is -0.300 e. The molecule has 0 aliphatic carbocycles. The maximum Gasteiger partial charge on any atom is 0.291 e. The smallest absolute Gasteiger partial charge is 0.291 e. The molecule has 0 atom stereocenters. The van der Waals surface area contributed by atoms with Crippen LogP contribution in [0.25, 0.3) is 10.9 Å². The minimum absolute atomic E-state index is 0.0335. The number of hydrogen-bond donors (Lipinski definition) is 0. The van der Waals surface area contributed by atoms with E-state index in [0.717, 1.165) is 4.47 Å². The summed E-state index contributed by atoms with van der Waals surface area (Å²) in [6.45, 7) is 1.41. The van der Waals surface area contributed by atoms with Crippen LogP contribution in [-0.2, 0) is 11.2 Å². The van der Waals surface area contributed by atoms with E-state index in [2.05, 4.69) is 20.9 Å². The maximum absolute atomic E-state index is 11.3. The average Bonchev–Trinajstić information content (AvgIpc) is 2.28. The molecule has 1 heterocycles. The third-order valence-corrected chi connectivity index (χ3v) is 3.03. The lowest BCUT2D eigenvalue weighted by Gasteiger charge is -2.06. The Hall–Kier alpha value is -1.82. The summed E-state index contributed by atoms with van der Waals surface area (Å²) in [6.07, 6.45) is 1.24. The molecule has 1 aromatic heterocycles.